The largest absolute Gasteiger partial charge is 0.458 e. The number of aliphatic hydroxyl groups is 5. The standard InChI is InChI=1S/C29H42O9/c1-27-8-5-17(37-26-25(34)24(33)23(32)21(13-30)38-26)12-16(27)3-4-20-19(27)6-9-28(2)18(7-10-29(20,28)35)15-11-22(31)36-14-15/h7,11,16-17,19-21,23-26,30,32-35H,3-6,8-10,12-14H2,1-2H3. The van der Waals surface area contributed by atoms with Crippen LogP contribution in [0.3, 0.4) is 0 Å². The van der Waals surface area contributed by atoms with Crippen molar-refractivity contribution in [3.63, 3.8) is 0 Å². The van der Waals surface area contributed by atoms with Crippen LogP contribution < -0.4 is 0 Å². The van der Waals surface area contributed by atoms with Gasteiger partial charge in [0.2, 0.25) is 0 Å². The van der Waals surface area contributed by atoms with Gasteiger partial charge in [-0.1, -0.05) is 19.9 Å². The van der Waals surface area contributed by atoms with Gasteiger partial charge in [0.05, 0.1) is 18.3 Å². The smallest absolute Gasteiger partial charge is 0.331 e. The highest BCUT2D eigenvalue weighted by Crippen LogP contribution is 2.68. The first-order chi connectivity index (χ1) is 18.0. The van der Waals surface area contributed by atoms with Gasteiger partial charge in [-0.25, -0.2) is 4.79 Å². The van der Waals surface area contributed by atoms with Crippen molar-refractivity contribution < 1.29 is 44.5 Å². The van der Waals surface area contributed by atoms with Gasteiger partial charge in [0.15, 0.2) is 6.29 Å². The molecule has 6 rings (SSSR count). The molecule has 6 aliphatic rings. The molecule has 5 N–H and O–H groups in total. The molecule has 4 aliphatic carbocycles. The van der Waals surface area contributed by atoms with Gasteiger partial charge in [-0.2, -0.15) is 0 Å². The second kappa shape index (κ2) is 9.36. The number of esters is 1. The zero-order valence-corrected chi connectivity index (χ0v) is 22.3. The Balaban J connectivity index is 1.16. The predicted octanol–water partition coefficient (Wildman–Crippen LogP) is 1.35. The van der Waals surface area contributed by atoms with E-state index in [1.165, 1.54) is 0 Å². The van der Waals surface area contributed by atoms with Crippen LogP contribution in [0.15, 0.2) is 23.3 Å². The summed E-state index contributed by atoms with van der Waals surface area (Å²) < 4.78 is 17.0. The fourth-order valence-electron chi connectivity index (χ4n) is 9.27. The van der Waals surface area contributed by atoms with E-state index in [9.17, 15) is 30.3 Å². The lowest BCUT2D eigenvalue weighted by atomic mass is 9.43. The highest BCUT2D eigenvalue weighted by atomic mass is 16.7. The van der Waals surface area contributed by atoms with Gasteiger partial charge in [0.25, 0.3) is 0 Å². The molecule has 0 aromatic carbocycles. The molecule has 0 spiro atoms. The summed E-state index contributed by atoms with van der Waals surface area (Å²) in [6.45, 7) is 4.36. The lowest BCUT2D eigenvalue weighted by Crippen LogP contribution is -2.62. The van der Waals surface area contributed by atoms with Gasteiger partial charge in [0.1, 0.15) is 31.0 Å². The number of ether oxygens (including phenoxy) is 3. The minimum atomic E-state index is -1.44. The summed E-state index contributed by atoms with van der Waals surface area (Å²) in [5.41, 5.74) is 0.838. The third-order valence-corrected chi connectivity index (χ3v) is 11.6. The molecule has 0 amide bonds. The number of rotatable bonds is 4. The Morgan fingerprint density at radius 2 is 1.82 bits per heavy atom. The Kier molecular flexibility index (Phi) is 6.62. The summed E-state index contributed by atoms with van der Waals surface area (Å²) in [5.74, 6) is 0.663. The minimum Gasteiger partial charge on any atom is -0.458 e. The van der Waals surface area contributed by atoms with E-state index < -0.39 is 42.9 Å². The van der Waals surface area contributed by atoms with Gasteiger partial charge in [0, 0.05) is 17.1 Å². The molecule has 1 saturated heterocycles. The molecule has 0 aromatic rings. The third-order valence-electron chi connectivity index (χ3n) is 11.6. The van der Waals surface area contributed by atoms with Crippen LogP contribution in [-0.4, -0.2) is 87.1 Å². The average molecular weight is 535 g/mol. The zero-order valence-electron chi connectivity index (χ0n) is 22.3. The normalized spacial score (nSPS) is 52.4. The van der Waals surface area contributed by atoms with Gasteiger partial charge < -0.3 is 39.7 Å². The molecule has 2 heterocycles. The van der Waals surface area contributed by atoms with Crippen LogP contribution >= 0.6 is 0 Å². The molecular weight excluding hydrogens is 492 g/mol. The van der Waals surface area contributed by atoms with Crippen LogP contribution in [0.4, 0.5) is 0 Å². The second-order valence-corrected chi connectivity index (χ2v) is 13.1. The zero-order chi connectivity index (χ0) is 27.0. The SMILES string of the molecule is CC12CCC(OC3OC(CO)C(O)C(O)C3O)CC1CCC1C2CCC2(C)C(C3=CC(=O)OC3)=CCC12O. The van der Waals surface area contributed by atoms with Crippen molar-refractivity contribution in [2.24, 2.45) is 28.6 Å². The summed E-state index contributed by atoms with van der Waals surface area (Å²) >= 11 is 0. The Bertz CT molecular complexity index is 1020. The van der Waals surface area contributed by atoms with Crippen LogP contribution in [0.2, 0.25) is 0 Å². The maximum atomic E-state index is 12.3. The first-order valence-electron chi connectivity index (χ1n) is 14.3. The molecular formula is C29H42O9. The molecule has 0 bridgehead atoms. The number of aliphatic hydroxyl groups excluding tert-OH is 4. The lowest BCUT2D eigenvalue weighted by molar-refractivity contribution is -0.317. The number of hydrogen-bond acceptors (Lipinski definition) is 9. The van der Waals surface area contributed by atoms with Crippen LogP contribution in [0.1, 0.15) is 65.2 Å². The molecule has 38 heavy (non-hydrogen) atoms. The molecule has 0 aromatic heterocycles. The Hall–Kier alpha value is -1.33. The molecule has 0 radical (unpaired) electrons. The van der Waals surface area contributed by atoms with E-state index >= 15 is 0 Å². The molecule has 3 saturated carbocycles. The van der Waals surface area contributed by atoms with E-state index in [1.807, 2.05) is 0 Å². The maximum absolute atomic E-state index is 12.3. The molecule has 12 unspecified atom stereocenters. The van der Waals surface area contributed by atoms with E-state index in [1.54, 1.807) is 6.08 Å². The molecule has 212 valence electrons. The van der Waals surface area contributed by atoms with Crippen molar-refractivity contribution in [1.29, 1.82) is 0 Å². The fourth-order valence-corrected chi connectivity index (χ4v) is 9.27. The molecule has 12 atom stereocenters. The van der Waals surface area contributed by atoms with Crippen molar-refractivity contribution in [2.45, 2.75) is 108 Å². The molecule has 9 nitrogen and oxygen atoms in total. The Morgan fingerprint density at radius 1 is 1.03 bits per heavy atom. The summed E-state index contributed by atoms with van der Waals surface area (Å²) in [6.07, 6.45) is 4.19. The van der Waals surface area contributed by atoms with Crippen LogP contribution in [0.5, 0.6) is 0 Å². The summed E-state index contributed by atoms with van der Waals surface area (Å²) in [6, 6.07) is 0. The van der Waals surface area contributed by atoms with Crippen LogP contribution in [0, 0.1) is 28.6 Å². The number of carbonyl (C=O) groups is 1. The van der Waals surface area contributed by atoms with Gasteiger partial charge in [-0.15, -0.1) is 0 Å². The molecule has 2 aliphatic heterocycles. The summed E-state index contributed by atoms with van der Waals surface area (Å²) in [5, 5.41) is 52.5. The number of cyclic esters (lactones) is 1. The van der Waals surface area contributed by atoms with Crippen molar-refractivity contribution >= 4 is 5.97 Å². The minimum absolute atomic E-state index is 0.0592. The van der Waals surface area contributed by atoms with E-state index in [-0.39, 0.29) is 28.8 Å². The molecule has 9 heteroatoms. The van der Waals surface area contributed by atoms with Crippen LogP contribution in [-0.2, 0) is 19.0 Å². The quantitative estimate of drug-likeness (QED) is 0.266. The van der Waals surface area contributed by atoms with Gasteiger partial charge >= 0.3 is 5.97 Å². The lowest BCUT2D eigenvalue weighted by Gasteiger charge is -2.63. The van der Waals surface area contributed by atoms with Crippen molar-refractivity contribution in [3.05, 3.63) is 23.3 Å². The first kappa shape index (κ1) is 26.9. The van der Waals surface area contributed by atoms with Crippen molar-refractivity contribution in [1.82, 2.24) is 0 Å². The fraction of sp³-hybridized carbons (Fsp3) is 0.828. The summed E-state index contributed by atoms with van der Waals surface area (Å²) in [7, 11) is 0. The van der Waals surface area contributed by atoms with Gasteiger partial charge in [-0.3, -0.25) is 0 Å². The Morgan fingerprint density at radius 3 is 2.53 bits per heavy atom. The maximum Gasteiger partial charge on any atom is 0.331 e. The van der Waals surface area contributed by atoms with E-state index in [0.717, 1.165) is 56.1 Å². The van der Waals surface area contributed by atoms with Crippen molar-refractivity contribution in [3.8, 4) is 0 Å². The van der Waals surface area contributed by atoms with Crippen LogP contribution in [0.25, 0.3) is 0 Å². The number of fused-ring (bicyclic) bond motifs is 5. The van der Waals surface area contributed by atoms with Crippen molar-refractivity contribution in [2.75, 3.05) is 13.2 Å². The topological polar surface area (TPSA) is 146 Å². The number of hydrogen-bond donors (Lipinski definition) is 5. The predicted molar refractivity (Wildman–Crippen MR) is 134 cm³/mol. The van der Waals surface area contributed by atoms with E-state index in [0.29, 0.717) is 24.9 Å². The summed E-state index contributed by atoms with van der Waals surface area (Å²) in [4.78, 5) is 11.8. The molecule has 4 fully saturated rings. The van der Waals surface area contributed by atoms with Gasteiger partial charge in [-0.05, 0) is 80.1 Å². The van der Waals surface area contributed by atoms with E-state index in [2.05, 4.69) is 19.9 Å². The Labute approximate surface area is 223 Å². The highest BCUT2D eigenvalue weighted by Gasteiger charge is 2.66. The first-order valence-corrected chi connectivity index (χ1v) is 14.3. The van der Waals surface area contributed by atoms with E-state index in [4.69, 9.17) is 14.2 Å². The third kappa shape index (κ3) is 3.80. The highest BCUT2D eigenvalue weighted by molar-refractivity contribution is 5.86. The second-order valence-electron chi connectivity index (χ2n) is 13.1. The average Bonchev–Trinajstić information content (AvgIpc) is 3.44. The number of carbonyl (C=O) groups excluding carboxylic acids is 1. The monoisotopic (exact) mass is 534 g/mol.